The number of nitrogens with one attached hydrogen (secondary N) is 2. The van der Waals surface area contributed by atoms with Gasteiger partial charge in [0.05, 0.1) is 0 Å². The number of aromatic nitrogens is 5. The molecule has 7 nitrogen and oxygen atoms in total. The van der Waals surface area contributed by atoms with Crippen molar-refractivity contribution in [2.45, 2.75) is 33.6 Å². The summed E-state index contributed by atoms with van der Waals surface area (Å²) in [6.45, 7) is 8.13. The maximum atomic E-state index is 4.42. The van der Waals surface area contributed by atoms with Gasteiger partial charge in [-0.05, 0) is 18.4 Å². The average Bonchev–Trinajstić information content (AvgIpc) is 3.04. The van der Waals surface area contributed by atoms with Crippen molar-refractivity contribution in [1.82, 2.24) is 24.7 Å². The zero-order valence-electron chi connectivity index (χ0n) is 12.9. The summed E-state index contributed by atoms with van der Waals surface area (Å²) in [7, 11) is 0. The molecule has 0 amide bonds. The molecule has 2 aromatic rings. The van der Waals surface area contributed by atoms with Gasteiger partial charge < -0.3 is 10.6 Å². The largest absolute Gasteiger partial charge is 0.354 e. The van der Waals surface area contributed by atoms with E-state index in [-0.39, 0.29) is 0 Å². The van der Waals surface area contributed by atoms with E-state index in [1.807, 2.05) is 12.3 Å². The van der Waals surface area contributed by atoms with Gasteiger partial charge in [-0.15, -0.1) is 0 Å². The molecule has 0 bridgehead atoms. The van der Waals surface area contributed by atoms with Crippen molar-refractivity contribution in [2.75, 3.05) is 23.7 Å². The molecule has 0 saturated carbocycles. The Morgan fingerprint density at radius 2 is 1.90 bits per heavy atom. The molecule has 1 atom stereocenters. The van der Waals surface area contributed by atoms with Gasteiger partial charge >= 0.3 is 0 Å². The van der Waals surface area contributed by atoms with E-state index in [0.717, 1.165) is 25.9 Å². The summed E-state index contributed by atoms with van der Waals surface area (Å²) >= 11 is 0. The van der Waals surface area contributed by atoms with Crippen molar-refractivity contribution in [3.8, 4) is 5.95 Å². The molecule has 0 aliphatic carbocycles. The summed E-state index contributed by atoms with van der Waals surface area (Å²) in [5.74, 6) is 2.24. The van der Waals surface area contributed by atoms with Crippen LogP contribution in [-0.2, 0) is 0 Å². The minimum Gasteiger partial charge on any atom is -0.354 e. The van der Waals surface area contributed by atoms with Crippen LogP contribution in [0, 0.1) is 5.92 Å². The van der Waals surface area contributed by atoms with E-state index in [1.165, 1.54) is 0 Å². The molecule has 0 aliphatic heterocycles. The molecule has 2 heterocycles. The van der Waals surface area contributed by atoms with Crippen LogP contribution in [0.5, 0.6) is 0 Å². The highest BCUT2D eigenvalue weighted by Gasteiger charge is 2.09. The lowest BCUT2D eigenvalue weighted by Gasteiger charge is -2.12. The maximum absolute atomic E-state index is 4.42. The minimum atomic E-state index is 0.514. The van der Waals surface area contributed by atoms with E-state index in [4.69, 9.17) is 0 Å². The van der Waals surface area contributed by atoms with E-state index in [0.29, 0.717) is 23.8 Å². The smallest absolute Gasteiger partial charge is 0.257 e. The number of hydrogen-bond acceptors (Lipinski definition) is 6. The van der Waals surface area contributed by atoms with E-state index in [2.05, 4.69) is 51.5 Å². The monoisotopic (exact) mass is 289 g/mol. The van der Waals surface area contributed by atoms with Crippen LogP contribution < -0.4 is 10.6 Å². The van der Waals surface area contributed by atoms with Gasteiger partial charge in [0.1, 0.15) is 0 Å². The number of nitrogens with zero attached hydrogens (tertiary/aromatic N) is 5. The first-order chi connectivity index (χ1) is 10.2. The Labute approximate surface area is 125 Å². The summed E-state index contributed by atoms with van der Waals surface area (Å²) in [5, 5.41) is 10.6. The Morgan fingerprint density at radius 3 is 2.52 bits per heavy atom. The first kappa shape index (κ1) is 15.2. The summed E-state index contributed by atoms with van der Waals surface area (Å²) < 4.78 is 1.63. The molecule has 0 radical (unpaired) electrons. The van der Waals surface area contributed by atoms with Crippen molar-refractivity contribution >= 4 is 11.9 Å². The molecule has 0 aromatic carbocycles. The van der Waals surface area contributed by atoms with Crippen LogP contribution in [0.1, 0.15) is 33.6 Å². The fourth-order valence-electron chi connectivity index (χ4n) is 1.66. The molecule has 2 N–H and O–H groups in total. The van der Waals surface area contributed by atoms with E-state index in [9.17, 15) is 0 Å². The molecule has 0 fully saturated rings. The number of hydrogen-bond donors (Lipinski definition) is 2. The quantitative estimate of drug-likeness (QED) is 0.776. The SMILES string of the molecule is CCCNc1nc(NCC(C)CC)nc(-n2cccn2)n1. The molecule has 21 heavy (non-hydrogen) atoms. The van der Waals surface area contributed by atoms with Crippen LogP contribution in [0.4, 0.5) is 11.9 Å². The molecule has 2 rings (SSSR count). The van der Waals surface area contributed by atoms with Crippen LogP contribution in [0.3, 0.4) is 0 Å². The Morgan fingerprint density at radius 1 is 1.14 bits per heavy atom. The van der Waals surface area contributed by atoms with Gasteiger partial charge in [0.15, 0.2) is 0 Å². The highest BCUT2D eigenvalue weighted by molar-refractivity contribution is 5.37. The lowest BCUT2D eigenvalue weighted by Crippen LogP contribution is -2.16. The molecule has 1 unspecified atom stereocenters. The van der Waals surface area contributed by atoms with Crippen molar-refractivity contribution < 1.29 is 0 Å². The molecule has 0 spiro atoms. The predicted octanol–water partition coefficient (Wildman–Crippen LogP) is 2.34. The molecule has 2 aromatic heterocycles. The first-order valence-electron chi connectivity index (χ1n) is 7.46. The third-order valence-electron chi connectivity index (χ3n) is 3.17. The van der Waals surface area contributed by atoms with Crippen molar-refractivity contribution in [1.29, 1.82) is 0 Å². The minimum absolute atomic E-state index is 0.514. The summed E-state index contributed by atoms with van der Waals surface area (Å²) in [6.07, 6.45) is 5.65. The predicted molar refractivity (Wildman–Crippen MR) is 83.7 cm³/mol. The molecule has 0 aliphatic rings. The van der Waals surface area contributed by atoms with Gasteiger partial charge in [-0.3, -0.25) is 0 Å². The van der Waals surface area contributed by atoms with Crippen LogP contribution in [0.15, 0.2) is 18.5 Å². The standard InChI is InChI=1S/C14H23N7/c1-4-7-15-12-18-13(16-10-11(3)5-2)20-14(19-12)21-9-6-8-17-21/h6,8-9,11H,4-5,7,10H2,1-3H3,(H2,15,16,18,19,20). The molecule has 7 heteroatoms. The Kier molecular flexibility index (Phi) is 5.48. The van der Waals surface area contributed by atoms with Gasteiger partial charge in [0, 0.05) is 25.5 Å². The lowest BCUT2D eigenvalue weighted by atomic mass is 10.1. The Balaban J connectivity index is 2.20. The number of anilines is 2. The summed E-state index contributed by atoms with van der Waals surface area (Å²) in [5.41, 5.74) is 0. The second-order valence-corrected chi connectivity index (χ2v) is 5.05. The topological polar surface area (TPSA) is 80.5 Å². The molecular weight excluding hydrogens is 266 g/mol. The van der Waals surface area contributed by atoms with Crippen molar-refractivity contribution in [2.24, 2.45) is 5.92 Å². The van der Waals surface area contributed by atoms with Crippen LogP contribution >= 0.6 is 0 Å². The third kappa shape index (κ3) is 4.40. The van der Waals surface area contributed by atoms with E-state index in [1.54, 1.807) is 10.9 Å². The van der Waals surface area contributed by atoms with Crippen LogP contribution in [-0.4, -0.2) is 37.8 Å². The third-order valence-corrected chi connectivity index (χ3v) is 3.17. The number of rotatable bonds is 8. The fourth-order valence-corrected chi connectivity index (χ4v) is 1.66. The Bertz CT molecular complexity index is 538. The second kappa shape index (κ2) is 7.56. The zero-order valence-corrected chi connectivity index (χ0v) is 12.9. The van der Waals surface area contributed by atoms with Crippen molar-refractivity contribution in [3.05, 3.63) is 18.5 Å². The zero-order chi connectivity index (χ0) is 15.1. The Hall–Kier alpha value is -2.18. The maximum Gasteiger partial charge on any atom is 0.257 e. The average molecular weight is 289 g/mol. The lowest BCUT2D eigenvalue weighted by molar-refractivity contribution is 0.590. The van der Waals surface area contributed by atoms with Gasteiger partial charge in [-0.2, -0.15) is 20.1 Å². The fraction of sp³-hybridized carbons (Fsp3) is 0.571. The molecule has 114 valence electrons. The summed E-state index contributed by atoms with van der Waals surface area (Å²) in [6, 6.07) is 1.84. The first-order valence-corrected chi connectivity index (χ1v) is 7.46. The van der Waals surface area contributed by atoms with Gasteiger partial charge in [0.2, 0.25) is 11.9 Å². The molecular formula is C14H23N7. The normalized spacial score (nSPS) is 12.1. The van der Waals surface area contributed by atoms with Gasteiger partial charge in [0.25, 0.3) is 5.95 Å². The van der Waals surface area contributed by atoms with E-state index >= 15 is 0 Å². The second-order valence-electron chi connectivity index (χ2n) is 5.05. The highest BCUT2D eigenvalue weighted by atomic mass is 15.4. The van der Waals surface area contributed by atoms with Crippen LogP contribution in [0.2, 0.25) is 0 Å². The van der Waals surface area contributed by atoms with Gasteiger partial charge in [-0.25, -0.2) is 4.68 Å². The van der Waals surface area contributed by atoms with Crippen molar-refractivity contribution in [3.63, 3.8) is 0 Å². The van der Waals surface area contributed by atoms with Crippen LogP contribution in [0.25, 0.3) is 5.95 Å². The van der Waals surface area contributed by atoms with Gasteiger partial charge in [-0.1, -0.05) is 27.2 Å². The highest BCUT2D eigenvalue weighted by Crippen LogP contribution is 2.10. The van der Waals surface area contributed by atoms with E-state index < -0.39 is 0 Å². The molecule has 0 saturated heterocycles. The summed E-state index contributed by atoms with van der Waals surface area (Å²) in [4.78, 5) is 13.2.